The topological polar surface area (TPSA) is 32.7 Å². The first-order valence-corrected chi connectivity index (χ1v) is 3.35. The number of nitrogens with zero attached hydrogens (tertiary/aromatic N) is 1. The Labute approximate surface area is 62.6 Å². The number of rotatable bonds is 2. The standard InChI is InChI=1S/C7H17NO2/c1-7(2,3)10-6(9)8(4)5/h6,9H,1-5H3. The summed E-state index contributed by atoms with van der Waals surface area (Å²) in [6, 6.07) is 0. The Morgan fingerprint density at radius 2 is 1.70 bits per heavy atom. The second-order valence-corrected chi connectivity index (χ2v) is 3.52. The summed E-state index contributed by atoms with van der Waals surface area (Å²) in [4.78, 5) is 1.60. The van der Waals surface area contributed by atoms with Gasteiger partial charge in [0.05, 0.1) is 5.60 Å². The summed E-state index contributed by atoms with van der Waals surface area (Å²) in [7, 11) is 3.52. The molecule has 3 nitrogen and oxygen atoms in total. The minimum Gasteiger partial charge on any atom is -0.356 e. The van der Waals surface area contributed by atoms with Crippen LogP contribution in [0.5, 0.6) is 0 Å². The molecule has 3 heteroatoms. The molecule has 1 unspecified atom stereocenters. The Hall–Kier alpha value is -0.120. The molecule has 0 aliphatic rings. The van der Waals surface area contributed by atoms with Crippen LogP contribution < -0.4 is 0 Å². The maximum Gasteiger partial charge on any atom is 0.216 e. The molecule has 0 bridgehead atoms. The van der Waals surface area contributed by atoms with Crippen molar-refractivity contribution in [1.29, 1.82) is 0 Å². The molecule has 0 aromatic rings. The molecular weight excluding hydrogens is 130 g/mol. The third-order valence-corrected chi connectivity index (χ3v) is 0.901. The van der Waals surface area contributed by atoms with Gasteiger partial charge < -0.3 is 9.84 Å². The lowest BCUT2D eigenvalue weighted by atomic mass is 10.2. The van der Waals surface area contributed by atoms with Crippen LogP contribution in [0.4, 0.5) is 0 Å². The molecule has 0 fully saturated rings. The van der Waals surface area contributed by atoms with E-state index in [0.29, 0.717) is 0 Å². The van der Waals surface area contributed by atoms with Gasteiger partial charge in [-0.05, 0) is 34.9 Å². The number of hydrogen-bond donors (Lipinski definition) is 1. The van der Waals surface area contributed by atoms with E-state index in [-0.39, 0.29) is 5.60 Å². The van der Waals surface area contributed by atoms with Crippen LogP contribution in [0.25, 0.3) is 0 Å². The highest BCUT2D eigenvalue weighted by Gasteiger charge is 2.17. The molecule has 0 aliphatic heterocycles. The third kappa shape index (κ3) is 4.73. The first-order chi connectivity index (χ1) is 4.33. The Balaban J connectivity index is 3.68. The fourth-order valence-electron chi connectivity index (χ4n) is 0.422. The monoisotopic (exact) mass is 147 g/mol. The van der Waals surface area contributed by atoms with Gasteiger partial charge in [0.2, 0.25) is 6.41 Å². The average Bonchev–Trinajstić information content (AvgIpc) is 1.60. The van der Waals surface area contributed by atoms with Gasteiger partial charge in [0.1, 0.15) is 0 Å². The number of hydrogen-bond acceptors (Lipinski definition) is 3. The zero-order valence-corrected chi connectivity index (χ0v) is 7.38. The summed E-state index contributed by atoms with van der Waals surface area (Å²) in [6.45, 7) is 5.71. The summed E-state index contributed by atoms with van der Waals surface area (Å²) in [5.74, 6) is 0. The highest BCUT2D eigenvalue weighted by atomic mass is 16.6. The fraction of sp³-hybridized carbons (Fsp3) is 1.00. The minimum absolute atomic E-state index is 0.288. The van der Waals surface area contributed by atoms with Crippen LogP contribution in [0.2, 0.25) is 0 Å². The molecule has 0 heterocycles. The van der Waals surface area contributed by atoms with E-state index >= 15 is 0 Å². The van der Waals surface area contributed by atoms with Crippen LogP contribution in [0.3, 0.4) is 0 Å². The third-order valence-electron chi connectivity index (χ3n) is 0.901. The van der Waals surface area contributed by atoms with E-state index in [1.54, 1.807) is 19.0 Å². The van der Waals surface area contributed by atoms with Gasteiger partial charge >= 0.3 is 0 Å². The quantitative estimate of drug-likeness (QED) is 0.582. The largest absolute Gasteiger partial charge is 0.356 e. The molecule has 0 amide bonds. The Morgan fingerprint density at radius 1 is 1.30 bits per heavy atom. The molecule has 0 saturated heterocycles. The average molecular weight is 147 g/mol. The van der Waals surface area contributed by atoms with E-state index < -0.39 is 6.41 Å². The number of aliphatic hydroxyl groups is 1. The molecule has 0 rings (SSSR count). The first-order valence-electron chi connectivity index (χ1n) is 3.35. The predicted molar refractivity (Wildman–Crippen MR) is 40.5 cm³/mol. The van der Waals surface area contributed by atoms with Crippen LogP contribution in [-0.4, -0.2) is 36.1 Å². The van der Waals surface area contributed by atoms with E-state index in [4.69, 9.17) is 9.84 Å². The highest BCUT2D eigenvalue weighted by Crippen LogP contribution is 2.09. The molecular formula is C7H17NO2. The van der Waals surface area contributed by atoms with E-state index in [9.17, 15) is 0 Å². The van der Waals surface area contributed by atoms with Crippen molar-refractivity contribution >= 4 is 0 Å². The summed E-state index contributed by atoms with van der Waals surface area (Å²) < 4.78 is 5.18. The second-order valence-electron chi connectivity index (χ2n) is 3.52. The smallest absolute Gasteiger partial charge is 0.216 e. The Morgan fingerprint density at radius 3 is 1.80 bits per heavy atom. The van der Waals surface area contributed by atoms with Crippen LogP contribution in [0, 0.1) is 0 Å². The van der Waals surface area contributed by atoms with E-state index in [0.717, 1.165) is 0 Å². The predicted octanol–water partition coefficient (Wildman–Crippen LogP) is 0.639. The van der Waals surface area contributed by atoms with Gasteiger partial charge in [-0.25, -0.2) is 0 Å². The van der Waals surface area contributed by atoms with Crippen molar-refractivity contribution in [1.82, 2.24) is 4.90 Å². The SMILES string of the molecule is CN(C)C(O)OC(C)(C)C. The molecule has 62 valence electrons. The summed E-state index contributed by atoms with van der Waals surface area (Å²) in [6.07, 6.45) is -0.806. The molecule has 0 aromatic carbocycles. The minimum atomic E-state index is -0.806. The fourth-order valence-corrected chi connectivity index (χ4v) is 0.422. The van der Waals surface area contributed by atoms with Crippen LogP contribution >= 0.6 is 0 Å². The lowest BCUT2D eigenvalue weighted by Crippen LogP contribution is -2.37. The first kappa shape index (κ1) is 9.88. The molecule has 1 N–H and O–H groups in total. The molecule has 0 aromatic heterocycles. The molecule has 0 radical (unpaired) electrons. The maximum absolute atomic E-state index is 9.17. The van der Waals surface area contributed by atoms with Crippen molar-refractivity contribution in [2.24, 2.45) is 0 Å². The number of aliphatic hydroxyl groups excluding tert-OH is 1. The van der Waals surface area contributed by atoms with Gasteiger partial charge in [-0.1, -0.05) is 0 Å². The zero-order valence-electron chi connectivity index (χ0n) is 7.38. The van der Waals surface area contributed by atoms with Crippen molar-refractivity contribution in [2.75, 3.05) is 14.1 Å². The zero-order chi connectivity index (χ0) is 8.36. The molecule has 0 saturated carbocycles. The molecule has 0 spiro atoms. The second kappa shape index (κ2) is 3.32. The van der Waals surface area contributed by atoms with Crippen LogP contribution in [-0.2, 0) is 4.74 Å². The summed E-state index contributed by atoms with van der Waals surface area (Å²) in [5, 5.41) is 9.17. The molecule has 1 atom stereocenters. The van der Waals surface area contributed by atoms with E-state index in [1.165, 1.54) is 0 Å². The van der Waals surface area contributed by atoms with Crippen LogP contribution in [0.1, 0.15) is 20.8 Å². The van der Waals surface area contributed by atoms with Gasteiger partial charge in [-0.2, -0.15) is 0 Å². The Kier molecular flexibility index (Phi) is 3.28. The van der Waals surface area contributed by atoms with Crippen molar-refractivity contribution < 1.29 is 9.84 Å². The van der Waals surface area contributed by atoms with Crippen molar-refractivity contribution in [2.45, 2.75) is 32.8 Å². The highest BCUT2D eigenvalue weighted by molar-refractivity contribution is 4.58. The van der Waals surface area contributed by atoms with Crippen LogP contribution in [0.15, 0.2) is 0 Å². The normalized spacial score (nSPS) is 15.9. The van der Waals surface area contributed by atoms with Crippen molar-refractivity contribution in [3.63, 3.8) is 0 Å². The van der Waals surface area contributed by atoms with Gasteiger partial charge in [0.25, 0.3) is 0 Å². The van der Waals surface area contributed by atoms with Crippen molar-refractivity contribution in [3.05, 3.63) is 0 Å². The van der Waals surface area contributed by atoms with Gasteiger partial charge in [0.15, 0.2) is 0 Å². The van der Waals surface area contributed by atoms with Gasteiger partial charge in [-0.3, -0.25) is 4.90 Å². The Bertz CT molecular complexity index is 96.3. The molecule has 10 heavy (non-hydrogen) atoms. The summed E-state index contributed by atoms with van der Waals surface area (Å²) in [5.41, 5.74) is -0.288. The van der Waals surface area contributed by atoms with E-state index in [1.807, 2.05) is 20.8 Å². The van der Waals surface area contributed by atoms with E-state index in [2.05, 4.69) is 0 Å². The van der Waals surface area contributed by atoms with Gasteiger partial charge in [-0.15, -0.1) is 0 Å². The maximum atomic E-state index is 9.17. The lowest BCUT2D eigenvalue weighted by Gasteiger charge is -2.27. The van der Waals surface area contributed by atoms with Gasteiger partial charge in [0, 0.05) is 0 Å². The summed E-state index contributed by atoms with van der Waals surface area (Å²) >= 11 is 0. The van der Waals surface area contributed by atoms with Crippen molar-refractivity contribution in [3.8, 4) is 0 Å². The molecule has 0 aliphatic carbocycles. The lowest BCUT2D eigenvalue weighted by molar-refractivity contribution is -0.226. The number of ether oxygens (including phenoxy) is 1.